The number of rotatable bonds is 7. The Morgan fingerprint density at radius 1 is 1.17 bits per heavy atom. The Morgan fingerprint density at radius 3 is 2.50 bits per heavy atom. The van der Waals surface area contributed by atoms with E-state index in [9.17, 15) is 19.2 Å². The van der Waals surface area contributed by atoms with Gasteiger partial charge in [-0.1, -0.05) is 36.4 Å². The van der Waals surface area contributed by atoms with E-state index in [-0.39, 0.29) is 37.8 Å². The first kappa shape index (κ1) is 21.5. The first-order valence-corrected chi connectivity index (χ1v) is 10.1. The number of nitrogens with one attached hydrogen (secondary N) is 1. The molecule has 1 aromatic rings. The van der Waals surface area contributed by atoms with Crippen LogP contribution in [0.25, 0.3) is 5.57 Å². The van der Waals surface area contributed by atoms with Gasteiger partial charge in [-0.15, -0.1) is 0 Å². The van der Waals surface area contributed by atoms with E-state index in [0.29, 0.717) is 13.1 Å². The van der Waals surface area contributed by atoms with E-state index in [4.69, 9.17) is 4.74 Å². The number of nitrogens with zero attached hydrogens (tertiary/aromatic N) is 2. The number of carbonyl (C=O) groups excluding carboxylic acids is 4. The molecule has 4 amide bonds. The monoisotopic (exact) mass is 413 g/mol. The van der Waals surface area contributed by atoms with Crippen molar-refractivity contribution < 1.29 is 23.9 Å². The topological polar surface area (TPSA) is 96.0 Å². The van der Waals surface area contributed by atoms with Crippen molar-refractivity contribution in [3.63, 3.8) is 0 Å². The first-order valence-electron chi connectivity index (χ1n) is 10.1. The Bertz CT molecular complexity index is 863. The van der Waals surface area contributed by atoms with Crippen LogP contribution in [0.2, 0.25) is 0 Å². The summed E-state index contributed by atoms with van der Waals surface area (Å²) >= 11 is 0. The Labute approximate surface area is 175 Å². The maximum Gasteiger partial charge on any atom is 0.325 e. The number of amides is 4. The third-order valence-electron chi connectivity index (χ3n) is 5.27. The highest BCUT2D eigenvalue weighted by Crippen LogP contribution is 2.22. The number of urea groups is 1. The maximum atomic E-state index is 12.3. The van der Waals surface area contributed by atoms with Crippen molar-refractivity contribution in [2.45, 2.75) is 38.6 Å². The van der Waals surface area contributed by atoms with Crippen LogP contribution in [0.4, 0.5) is 4.79 Å². The van der Waals surface area contributed by atoms with E-state index in [1.807, 2.05) is 36.4 Å². The van der Waals surface area contributed by atoms with Crippen molar-refractivity contribution in [2.75, 3.05) is 26.2 Å². The lowest BCUT2D eigenvalue weighted by molar-refractivity contribution is -0.152. The summed E-state index contributed by atoms with van der Waals surface area (Å²) in [5.74, 6) is -1.07. The lowest BCUT2D eigenvalue weighted by atomic mass is 10.00. The zero-order chi connectivity index (χ0) is 21.7. The number of benzene rings is 1. The second kappa shape index (κ2) is 9.11. The molecule has 1 N–H and O–H groups in total. The highest BCUT2D eigenvalue weighted by atomic mass is 16.5. The molecule has 0 bridgehead atoms. The number of ether oxygens (including phenoxy) is 1. The minimum Gasteiger partial charge on any atom is -0.456 e. The van der Waals surface area contributed by atoms with E-state index in [1.54, 1.807) is 18.7 Å². The molecule has 0 saturated carbocycles. The van der Waals surface area contributed by atoms with Crippen LogP contribution >= 0.6 is 0 Å². The number of esters is 1. The van der Waals surface area contributed by atoms with Crippen LogP contribution in [0, 0.1) is 0 Å². The Balaban J connectivity index is 1.37. The zero-order valence-electron chi connectivity index (χ0n) is 17.3. The molecule has 2 aliphatic heterocycles. The van der Waals surface area contributed by atoms with E-state index in [1.165, 1.54) is 5.57 Å². The van der Waals surface area contributed by atoms with Crippen molar-refractivity contribution in [2.24, 2.45) is 0 Å². The Kier molecular flexibility index (Phi) is 6.54. The van der Waals surface area contributed by atoms with Crippen molar-refractivity contribution in [3.05, 3.63) is 42.0 Å². The van der Waals surface area contributed by atoms with Gasteiger partial charge in [-0.3, -0.25) is 19.3 Å². The minimum absolute atomic E-state index is 0.0306. The molecule has 2 heterocycles. The molecule has 1 aromatic carbocycles. The van der Waals surface area contributed by atoms with Gasteiger partial charge in [-0.25, -0.2) is 4.79 Å². The quantitative estimate of drug-likeness (QED) is 0.545. The lowest BCUT2D eigenvalue weighted by Crippen LogP contribution is -2.40. The van der Waals surface area contributed by atoms with Crippen LogP contribution in [0.15, 0.2) is 36.4 Å². The normalized spacial score (nSPS) is 18.1. The second-order valence-electron chi connectivity index (χ2n) is 7.96. The predicted molar refractivity (Wildman–Crippen MR) is 110 cm³/mol. The van der Waals surface area contributed by atoms with Gasteiger partial charge in [0.25, 0.3) is 11.8 Å². The Hall–Kier alpha value is -3.16. The standard InChI is InChI=1S/C22H27N3O5/c1-22(2)20(28)25(21(29)23-22)12-6-9-19(27)30-15-18(26)24-13-10-17(11-14-24)16-7-4-3-5-8-16/h3-5,7-8,10H,6,9,11-15H2,1-2H3,(H,23,29). The summed E-state index contributed by atoms with van der Waals surface area (Å²) in [4.78, 5) is 50.9. The fourth-order valence-electron chi connectivity index (χ4n) is 3.52. The highest BCUT2D eigenvalue weighted by Gasteiger charge is 2.43. The molecule has 1 saturated heterocycles. The highest BCUT2D eigenvalue weighted by molar-refractivity contribution is 6.06. The van der Waals surface area contributed by atoms with Gasteiger partial charge in [0.2, 0.25) is 0 Å². The summed E-state index contributed by atoms with van der Waals surface area (Å²) in [6.45, 7) is 4.17. The molecule has 30 heavy (non-hydrogen) atoms. The summed E-state index contributed by atoms with van der Waals surface area (Å²) in [6, 6.07) is 9.58. The summed E-state index contributed by atoms with van der Waals surface area (Å²) < 4.78 is 5.07. The molecule has 2 aliphatic rings. The first-order chi connectivity index (χ1) is 14.3. The fourth-order valence-corrected chi connectivity index (χ4v) is 3.52. The zero-order valence-corrected chi connectivity index (χ0v) is 17.3. The molecular weight excluding hydrogens is 386 g/mol. The van der Waals surface area contributed by atoms with Crippen molar-refractivity contribution in [1.29, 1.82) is 0 Å². The minimum atomic E-state index is -0.923. The van der Waals surface area contributed by atoms with Crippen LogP contribution < -0.4 is 5.32 Å². The summed E-state index contributed by atoms with van der Waals surface area (Å²) in [5.41, 5.74) is 1.44. The number of hydrogen-bond acceptors (Lipinski definition) is 5. The van der Waals surface area contributed by atoms with Crippen LogP contribution in [0.3, 0.4) is 0 Å². The van der Waals surface area contributed by atoms with Crippen molar-refractivity contribution in [3.8, 4) is 0 Å². The molecule has 160 valence electrons. The van der Waals surface area contributed by atoms with E-state index >= 15 is 0 Å². The van der Waals surface area contributed by atoms with Crippen molar-refractivity contribution >= 4 is 29.4 Å². The van der Waals surface area contributed by atoms with Gasteiger partial charge in [-0.2, -0.15) is 0 Å². The molecule has 0 radical (unpaired) electrons. The summed E-state index contributed by atoms with van der Waals surface area (Å²) in [7, 11) is 0. The molecular formula is C22H27N3O5. The van der Waals surface area contributed by atoms with Crippen LogP contribution in [0.5, 0.6) is 0 Å². The molecule has 0 aliphatic carbocycles. The van der Waals surface area contributed by atoms with Gasteiger partial charge in [-0.05, 0) is 37.8 Å². The third kappa shape index (κ3) is 5.06. The maximum absolute atomic E-state index is 12.3. The van der Waals surface area contributed by atoms with Crippen LogP contribution in [-0.2, 0) is 19.1 Å². The average Bonchev–Trinajstić information content (AvgIpc) is 2.94. The van der Waals surface area contributed by atoms with E-state index in [2.05, 4.69) is 5.32 Å². The number of carbonyl (C=O) groups is 4. The van der Waals surface area contributed by atoms with Gasteiger partial charge in [0.15, 0.2) is 6.61 Å². The molecule has 0 atom stereocenters. The molecule has 0 unspecified atom stereocenters. The van der Waals surface area contributed by atoms with Gasteiger partial charge in [0, 0.05) is 26.1 Å². The fraction of sp³-hybridized carbons (Fsp3) is 0.455. The summed E-state index contributed by atoms with van der Waals surface area (Å²) in [5, 5.41) is 2.59. The van der Waals surface area contributed by atoms with E-state index < -0.39 is 17.5 Å². The molecule has 3 rings (SSSR count). The average molecular weight is 413 g/mol. The predicted octanol–water partition coefficient (Wildman–Crippen LogP) is 1.96. The van der Waals surface area contributed by atoms with E-state index in [0.717, 1.165) is 16.9 Å². The Morgan fingerprint density at radius 2 is 1.90 bits per heavy atom. The number of hydrogen-bond donors (Lipinski definition) is 1. The molecule has 1 fully saturated rings. The van der Waals surface area contributed by atoms with Gasteiger partial charge in [0.1, 0.15) is 5.54 Å². The SMILES string of the molecule is CC1(C)NC(=O)N(CCCC(=O)OCC(=O)N2CC=C(c3ccccc3)CC2)C1=O. The molecule has 0 aromatic heterocycles. The second-order valence-corrected chi connectivity index (χ2v) is 7.96. The van der Waals surface area contributed by atoms with Gasteiger partial charge < -0.3 is 15.0 Å². The largest absolute Gasteiger partial charge is 0.456 e. The molecule has 0 spiro atoms. The van der Waals surface area contributed by atoms with Crippen molar-refractivity contribution in [1.82, 2.24) is 15.1 Å². The molecule has 8 heteroatoms. The van der Waals surface area contributed by atoms with Crippen LogP contribution in [0.1, 0.15) is 38.7 Å². The molecule has 8 nitrogen and oxygen atoms in total. The van der Waals surface area contributed by atoms with Gasteiger partial charge >= 0.3 is 12.0 Å². The lowest BCUT2D eigenvalue weighted by Gasteiger charge is -2.26. The van der Waals surface area contributed by atoms with Gasteiger partial charge in [0.05, 0.1) is 0 Å². The van der Waals surface area contributed by atoms with Crippen LogP contribution in [-0.4, -0.2) is 65.4 Å². The number of imide groups is 1. The smallest absolute Gasteiger partial charge is 0.325 e. The third-order valence-corrected chi connectivity index (χ3v) is 5.27. The summed E-state index contributed by atoms with van der Waals surface area (Å²) in [6.07, 6.45) is 3.10.